The number of amides is 4. The van der Waals surface area contributed by atoms with Crippen LogP contribution in [0.5, 0.6) is 17.2 Å². The Bertz CT molecular complexity index is 1470. The predicted molar refractivity (Wildman–Crippen MR) is 127 cm³/mol. The molecule has 4 amide bonds. The molecule has 0 unspecified atom stereocenters. The SMILES string of the molecule is COc1ccc(N2C(=O)NC(=O)/C(=C\c3ccc(Oc4ccc(C(F)(F)F)cc4[N+](=O)[O-])cc3)C2=O)cc1. The summed E-state index contributed by atoms with van der Waals surface area (Å²) in [5.74, 6) is -1.65. The van der Waals surface area contributed by atoms with Gasteiger partial charge in [0.1, 0.15) is 17.1 Å². The number of carbonyl (C=O) groups excluding carboxylic acids is 3. The minimum absolute atomic E-state index is 0.0458. The standard InChI is InChI=1S/C25H16F3N3O7/c1-37-17-9-5-16(6-10-17)30-23(33)19(22(32)29-24(30)34)12-14-2-7-18(8-3-14)38-21-11-4-15(25(26,27)28)13-20(21)31(35)36/h2-13H,1H3,(H,29,32,34)/b19-12+. The first kappa shape index (κ1) is 25.9. The normalized spacial score (nSPS) is 14.9. The Morgan fingerprint density at radius 1 is 0.947 bits per heavy atom. The van der Waals surface area contributed by atoms with E-state index in [1.54, 1.807) is 0 Å². The third kappa shape index (κ3) is 5.31. The number of urea groups is 1. The number of halogens is 3. The van der Waals surface area contributed by atoms with Crippen molar-refractivity contribution in [2.24, 2.45) is 0 Å². The van der Waals surface area contributed by atoms with Crippen molar-refractivity contribution in [2.45, 2.75) is 6.18 Å². The van der Waals surface area contributed by atoms with E-state index in [1.807, 2.05) is 0 Å². The molecule has 1 saturated heterocycles. The van der Waals surface area contributed by atoms with Crippen LogP contribution in [0.15, 0.2) is 72.3 Å². The van der Waals surface area contributed by atoms with Crippen LogP contribution in [0.25, 0.3) is 6.08 Å². The Kier molecular flexibility index (Phi) is 6.84. The number of barbiturate groups is 1. The van der Waals surface area contributed by atoms with Gasteiger partial charge in [-0.3, -0.25) is 25.0 Å². The zero-order valence-electron chi connectivity index (χ0n) is 19.3. The van der Waals surface area contributed by atoms with Crippen LogP contribution >= 0.6 is 0 Å². The Hall–Kier alpha value is -5.20. The average Bonchev–Trinajstić information content (AvgIpc) is 2.87. The van der Waals surface area contributed by atoms with E-state index in [4.69, 9.17) is 9.47 Å². The number of anilines is 1. The second-order valence-electron chi connectivity index (χ2n) is 7.76. The third-order valence-electron chi connectivity index (χ3n) is 5.33. The maximum Gasteiger partial charge on any atom is 0.416 e. The van der Waals surface area contributed by atoms with Crippen molar-refractivity contribution in [3.63, 3.8) is 0 Å². The maximum atomic E-state index is 13.0. The smallest absolute Gasteiger partial charge is 0.416 e. The highest BCUT2D eigenvalue weighted by molar-refractivity contribution is 6.39. The van der Waals surface area contributed by atoms with Crippen LogP contribution in [-0.4, -0.2) is 29.9 Å². The lowest BCUT2D eigenvalue weighted by molar-refractivity contribution is -0.385. The number of hydrogen-bond acceptors (Lipinski definition) is 7. The molecule has 0 aliphatic carbocycles. The van der Waals surface area contributed by atoms with E-state index in [1.165, 1.54) is 61.7 Å². The van der Waals surface area contributed by atoms with Crippen LogP contribution in [0.3, 0.4) is 0 Å². The summed E-state index contributed by atoms with van der Waals surface area (Å²) >= 11 is 0. The lowest BCUT2D eigenvalue weighted by Crippen LogP contribution is -2.54. The number of imide groups is 2. The number of alkyl halides is 3. The van der Waals surface area contributed by atoms with Gasteiger partial charge in [-0.15, -0.1) is 0 Å². The van der Waals surface area contributed by atoms with E-state index >= 15 is 0 Å². The van der Waals surface area contributed by atoms with Gasteiger partial charge in [-0.2, -0.15) is 13.2 Å². The minimum atomic E-state index is -4.77. The Labute approximate surface area is 212 Å². The highest BCUT2D eigenvalue weighted by Crippen LogP contribution is 2.38. The second-order valence-corrected chi connectivity index (χ2v) is 7.76. The van der Waals surface area contributed by atoms with Crippen molar-refractivity contribution in [1.82, 2.24) is 5.32 Å². The fourth-order valence-corrected chi connectivity index (χ4v) is 3.47. The number of benzene rings is 3. The summed E-state index contributed by atoms with van der Waals surface area (Å²) in [6, 6.07) is 12.5. The molecule has 4 rings (SSSR count). The molecule has 1 fully saturated rings. The molecular weight excluding hydrogens is 511 g/mol. The molecule has 38 heavy (non-hydrogen) atoms. The fourth-order valence-electron chi connectivity index (χ4n) is 3.47. The molecule has 194 valence electrons. The van der Waals surface area contributed by atoms with Crippen molar-refractivity contribution >= 4 is 35.3 Å². The molecule has 10 nitrogen and oxygen atoms in total. The van der Waals surface area contributed by atoms with E-state index < -0.39 is 45.9 Å². The van der Waals surface area contributed by atoms with Crippen molar-refractivity contribution in [3.8, 4) is 17.2 Å². The van der Waals surface area contributed by atoms with Gasteiger partial charge in [-0.05, 0) is 60.2 Å². The summed E-state index contributed by atoms with van der Waals surface area (Å²) in [6.07, 6.45) is -3.54. The van der Waals surface area contributed by atoms with Crippen LogP contribution in [0, 0.1) is 10.1 Å². The molecule has 1 aliphatic rings. The van der Waals surface area contributed by atoms with E-state index in [2.05, 4.69) is 5.32 Å². The van der Waals surface area contributed by atoms with E-state index in [0.717, 1.165) is 11.0 Å². The molecule has 0 radical (unpaired) electrons. The molecule has 13 heteroatoms. The third-order valence-corrected chi connectivity index (χ3v) is 5.33. The van der Waals surface area contributed by atoms with E-state index in [0.29, 0.717) is 23.4 Å². The zero-order chi connectivity index (χ0) is 27.6. The van der Waals surface area contributed by atoms with Gasteiger partial charge in [0.25, 0.3) is 11.8 Å². The number of nitro groups is 1. The molecule has 3 aromatic rings. The predicted octanol–water partition coefficient (Wildman–Crippen LogP) is 5.08. The van der Waals surface area contributed by atoms with Gasteiger partial charge in [-0.25, -0.2) is 9.69 Å². The van der Waals surface area contributed by atoms with Gasteiger partial charge < -0.3 is 9.47 Å². The van der Waals surface area contributed by atoms with Crippen LogP contribution < -0.4 is 19.7 Å². The van der Waals surface area contributed by atoms with Crippen molar-refractivity contribution < 1.29 is 42.0 Å². The lowest BCUT2D eigenvalue weighted by Gasteiger charge is -2.26. The summed E-state index contributed by atoms with van der Waals surface area (Å²) in [5.41, 5.74) is -1.88. The molecule has 1 aliphatic heterocycles. The zero-order valence-corrected chi connectivity index (χ0v) is 19.3. The van der Waals surface area contributed by atoms with Crippen LogP contribution in [0.4, 0.5) is 29.3 Å². The van der Waals surface area contributed by atoms with E-state index in [9.17, 15) is 37.7 Å². The van der Waals surface area contributed by atoms with Gasteiger partial charge in [0.2, 0.25) is 5.75 Å². The van der Waals surface area contributed by atoms with Gasteiger partial charge in [0.05, 0.1) is 23.3 Å². The molecule has 0 saturated carbocycles. The van der Waals surface area contributed by atoms with Gasteiger partial charge in [0.15, 0.2) is 0 Å². The molecule has 0 bridgehead atoms. The largest absolute Gasteiger partial charge is 0.497 e. The first-order valence-corrected chi connectivity index (χ1v) is 10.7. The summed E-state index contributed by atoms with van der Waals surface area (Å²) in [6.45, 7) is 0. The van der Waals surface area contributed by atoms with E-state index in [-0.39, 0.29) is 17.0 Å². The highest BCUT2D eigenvalue weighted by Gasteiger charge is 2.37. The number of ether oxygens (including phenoxy) is 2. The monoisotopic (exact) mass is 527 g/mol. The van der Waals surface area contributed by atoms with Gasteiger partial charge in [0, 0.05) is 6.07 Å². The quantitative estimate of drug-likeness (QED) is 0.205. The highest BCUT2D eigenvalue weighted by atomic mass is 19.4. The summed E-state index contributed by atoms with van der Waals surface area (Å²) in [5, 5.41) is 13.4. The molecule has 3 aromatic carbocycles. The molecule has 1 N–H and O–H groups in total. The Morgan fingerprint density at radius 2 is 1.58 bits per heavy atom. The first-order chi connectivity index (χ1) is 18.0. The number of hydrogen-bond donors (Lipinski definition) is 1. The maximum absolute atomic E-state index is 13.0. The van der Waals surface area contributed by atoms with Crippen molar-refractivity contribution in [3.05, 3.63) is 93.5 Å². The number of carbonyl (C=O) groups is 3. The first-order valence-electron chi connectivity index (χ1n) is 10.7. The molecule has 0 spiro atoms. The molecular formula is C25H16F3N3O7. The van der Waals surface area contributed by atoms with Gasteiger partial charge in [-0.1, -0.05) is 12.1 Å². The summed E-state index contributed by atoms with van der Waals surface area (Å²) < 4.78 is 49.2. The van der Waals surface area contributed by atoms with Crippen molar-refractivity contribution in [2.75, 3.05) is 12.0 Å². The summed E-state index contributed by atoms with van der Waals surface area (Å²) in [4.78, 5) is 48.7. The second kappa shape index (κ2) is 10.0. The Morgan fingerprint density at radius 3 is 2.16 bits per heavy atom. The fraction of sp³-hybridized carbons (Fsp3) is 0.0800. The van der Waals surface area contributed by atoms with Crippen molar-refractivity contribution in [1.29, 1.82) is 0 Å². The molecule has 1 heterocycles. The molecule has 0 atom stereocenters. The van der Waals surface area contributed by atoms with Gasteiger partial charge >= 0.3 is 17.9 Å². The number of nitrogens with one attached hydrogen (secondary N) is 1. The lowest BCUT2D eigenvalue weighted by atomic mass is 10.1. The number of rotatable bonds is 6. The van der Waals surface area contributed by atoms with Crippen LogP contribution in [0.2, 0.25) is 0 Å². The number of methoxy groups -OCH3 is 1. The van der Waals surface area contributed by atoms with Crippen LogP contribution in [-0.2, 0) is 15.8 Å². The topological polar surface area (TPSA) is 128 Å². The number of nitro benzene ring substituents is 1. The summed E-state index contributed by atoms with van der Waals surface area (Å²) in [7, 11) is 1.45. The minimum Gasteiger partial charge on any atom is -0.497 e. The number of nitrogens with zero attached hydrogens (tertiary/aromatic N) is 2. The van der Waals surface area contributed by atoms with Crippen LogP contribution in [0.1, 0.15) is 11.1 Å². The molecule has 0 aromatic heterocycles. The Balaban J connectivity index is 1.57. The average molecular weight is 527 g/mol.